The van der Waals surface area contributed by atoms with Crippen LogP contribution in [0.4, 0.5) is 5.69 Å². The fourth-order valence-electron chi connectivity index (χ4n) is 7.06. The van der Waals surface area contributed by atoms with E-state index in [1.165, 1.54) is 16.7 Å². The number of amides is 1. The van der Waals surface area contributed by atoms with E-state index >= 15 is 0 Å². The molecule has 2 aromatic rings. The molecule has 1 unspecified atom stereocenters. The number of anilines is 1. The number of hydrogen-bond donors (Lipinski definition) is 6. The second-order valence-electron chi connectivity index (χ2n) is 12.8. The zero-order valence-corrected chi connectivity index (χ0v) is 31.8. The first-order valence-corrected chi connectivity index (χ1v) is 21.6. The van der Waals surface area contributed by atoms with Gasteiger partial charge in [-0.3, -0.25) is 14.9 Å². The van der Waals surface area contributed by atoms with Crippen molar-refractivity contribution in [2.24, 2.45) is 11.1 Å². The molecule has 2 heterocycles. The van der Waals surface area contributed by atoms with Gasteiger partial charge in [-0.1, -0.05) is 54.8 Å². The van der Waals surface area contributed by atoms with Crippen molar-refractivity contribution in [1.29, 1.82) is 0 Å². The van der Waals surface area contributed by atoms with Crippen molar-refractivity contribution in [2.75, 3.05) is 17.7 Å². The number of halogens is 1. The lowest BCUT2D eigenvalue weighted by molar-refractivity contribution is -0.152. The molecular weight excluding hydrogens is 762 g/mol. The molecule has 0 radical (unpaired) electrons. The lowest BCUT2D eigenvalue weighted by atomic mass is 9.84. The Kier molecular flexibility index (Phi) is 12.9. The fraction of sp³-hybridized carbons (Fsp3) is 0.531. The molecule has 0 bridgehead atoms. The molecule has 2 fully saturated rings. The van der Waals surface area contributed by atoms with Crippen molar-refractivity contribution in [3.05, 3.63) is 53.1 Å². The highest BCUT2D eigenvalue weighted by atomic mass is 35.5. The number of carbonyl (C=O) groups is 3. The summed E-state index contributed by atoms with van der Waals surface area (Å²) in [6.07, 6.45) is 2.32. The first-order chi connectivity index (χ1) is 24.1. The quantitative estimate of drug-likeness (QED) is 0.120. The summed E-state index contributed by atoms with van der Waals surface area (Å²) >= 11 is 12.4. The average molecular weight is 804 g/mol. The smallest absolute Gasteiger partial charge is 0.326 e. The molecule has 51 heavy (non-hydrogen) atoms. The van der Waals surface area contributed by atoms with Gasteiger partial charge < -0.3 is 20.1 Å². The average Bonchev–Trinajstić information content (AvgIpc) is 3.45. The molecule has 1 saturated heterocycles. The van der Waals surface area contributed by atoms with Gasteiger partial charge in [-0.2, -0.15) is 29.1 Å². The first-order valence-electron chi connectivity index (χ1n) is 16.5. The van der Waals surface area contributed by atoms with E-state index in [-0.39, 0.29) is 41.5 Å². The van der Waals surface area contributed by atoms with Gasteiger partial charge in [0.15, 0.2) is 0 Å². The molecule has 1 amide bonds. The summed E-state index contributed by atoms with van der Waals surface area (Å²) in [7, 11) is -8.65. The molecule has 0 spiro atoms. The van der Waals surface area contributed by atoms with E-state index in [2.05, 4.69) is 15.4 Å². The second-order valence-corrected chi connectivity index (χ2v) is 18.2. The number of likely N-dealkylation sites (tertiary alicyclic amines) is 1. The number of thiol groups is 1. The number of sulfonamides is 2. The molecule has 6 N–H and O–H groups in total. The Hall–Kier alpha value is -2.58. The fourth-order valence-corrected chi connectivity index (χ4v) is 11.0. The van der Waals surface area contributed by atoms with Gasteiger partial charge in [-0.05, 0) is 56.2 Å². The number of benzene rings is 2. The minimum atomic E-state index is -4.34. The molecule has 19 heteroatoms. The maximum atomic E-state index is 14.7. The number of hydrogen-bond acceptors (Lipinski definition) is 12. The van der Waals surface area contributed by atoms with Crippen molar-refractivity contribution in [1.82, 2.24) is 14.9 Å². The van der Waals surface area contributed by atoms with Crippen molar-refractivity contribution in [3.8, 4) is 0 Å². The van der Waals surface area contributed by atoms with Crippen molar-refractivity contribution >= 4 is 79.6 Å². The predicted octanol–water partition coefficient (Wildman–Crippen LogP) is 2.77. The number of nitrogens with two attached hydrogens (primary N) is 1. The van der Waals surface area contributed by atoms with Crippen molar-refractivity contribution < 1.29 is 41.1 Å². The lowest BCUT2D eigenvalue weighted by Crippen LogP contribution is -2.61. The summed E-state index contributed by atoms with van der Waals surface area (Å²) in [6.45, 7) is 1.75. The number of nitrogens with zero attached hydrogens (tertiary/aromatic N) is 1. The predicted molar refractivity (Wildman–Crippen MR) is 197 cm³/mol. The van der Waals surface area contributed by atoms with E-state index in [4.69, 9.17) is 34.1 Å². The number of carbonyl (C=O) groups excluding carboxylic acids is 2. The number of aliphatic carboxylic acids is 1. The van der Waals surface area contributed by atoms with Crippen molar-refractivity contribution in [3.63, 3.8) is 0 Å². The summed E-state index contributed by atoms with van der Waals surface area (Å²) in [5, 5.41) is 20.3. The maximum Gasteiger partial charge on any atom is 0.326 e. The van der Waals surface area contributed by atoms with E-state index < -0.39 is 77.2 Å². The largest absolute Gasteiger partial charge is 0.480 e. The number of fused-ring (bicyclic) bond motifs is 2. The SMILES string of the molecule is CCOC(=O)[C@H](CSCc1ccccc1)NC(C(=O)N1[C@@H]2CCCC[C@@H]2C[C@H]1C(=O)O)[C@@H](S)C[C@@H]1Nc2cc(Cl)c(S(N)(=O)=O)cc2S(=O)(=O)N1. The van der Waals surface area contributed by atoms with Crippen LogP contribution in [-0.4, -0.2) is 92.6 Å². The van der Waals surface area contributed by atoms with Gasteiger partial charge in [-0.25, -0.2) is 26.8 Å². The molecule has 0 aromatic heterocycles. The summed E-state index contributed by atoms with van der Waals surface area (Å²) in [5.41, 5.74) is 1.03. The second kappa shape index (κ2) is 16.6. The van der Waals surface area contributed by atoms with Crippen LogP contribution in [0.2, 0.25) is 5.02 Å². The number of ether oxygens (including phenoxy) is 1. The van der Waals surface area contributed by atoms with Crippen LogP contribution in [0.1, 0.15) is 51.0 Å². The highest BCUT2D eigenvalue weighted by Crippen LogP contribution is 2.41. The normalized spacial score (nSPS) is 24.4. The van der Waals surface area contributed by atoms with Crippen LogP contribution in [0.15, 0.2) is 52.3 Å². The van der Waals surface area contributed by atoms with Gasteiger partial charge in [-0.15, -0.1) is 0 Å². The lowest BCUT2D eigenvalue weighted by Gasteiger charge is -2.38. The van der Waals surface area contributed by atoms with Gasteiger partial charge in [0.25, 0.3) is 0 Å². The Morgan fingerprint density at radius 1 is 1.20 bits per heavy atom. The zero-order chi connectivity index (χ0) is 37.1. The third kappa shape index (κ3) is 9.33. The maximum absolute atomic E-state index is 14.7. The molecule has 1 aliphatic carbocycles. The number of carboxylic acids is 1. The van der Waals surface area contributed by atoms with E-state index in [9.17, 15) is 36.3 Å². The van der Waals surface area contributed by atoms with Gasteiger partial charge in [0.1, 0.15) is 21.9 Å². The molecule has 14 nitrogen and oxygen atoms in total. The van der Waals surface area contributed by atoms with Crippen LogP contribution in [0.25, 0.3) is 0 Å². The van der Waals surface area contributed by atoms with Crippen LogP contribution in [0, 0.1) is 5.92 Å². The standard InChI is InChI=1S/C32H42ClN5O9S4/c1-2-47-32(42)22(17-49-16-18-8-4-3-5-9-18)36-29(30(39)38-23-11-7-6-10-19(23)12-24(38)31(40)41)25(48)14-28-35-21-13-20(33)26(50(34,43)44)15-27(21)51(45,46)37-28/h3-5,8-9,13,15,19,22-25,28-29,35-37,48H,2,6-7,10-12,14,16-17H2,1H3,(H,40,41)(H2,34,43,44)/t19-,22+,23-,24+,25+,28-,29?/m1/s1. The molecule has 280 valence electrons. The summed E-state index contributed by atoms with van der Waals surface area (Å²) in [4.78, 5) is 41.0. The Bertz CT molecular complexity index is 1840. The van der Waals surface area contributed by atoms with Gasteiger partial charge in [0, 0.05) is 22.8 Å². The van der Waals surface area contributed by atoms with E-state index in [1.54, 1.807) is 6.92 Å². The number of thioether (sulfide) groups is 1. The van der Waals surface area contributed by atoms with Crippen LogP contribution in [0.5, 0.6) is 0 Å². The summed E-state index contributed by atoms with van der Waals surface area (Å²) in [5.74, 6) is -1.49. The van der Waals surface area contributed by atoms with Gasteiger partial charge >= 0.3 is 11.9 Å². The number of primary sulfonamides is 1. The van der Waals surface area contributed by atoms with Crippen LogP contribution < -0.4 is 20.5 Å². The van der Waals surface area contributed by atoms with E-state index in [0.29, 0.717) is 18.6 Å². The van der Waals surface area contributed by atoms with Gasteiger partial charge in [0.05, 0.1) is 29.5 Å². The Morgan fingerprint density at radius 3 is 2.57 bits per heavy atom. The minimum Gasteiger partial charge on any atom is -0.480 e. The molecule has 7 atom stereocenters. The highest BCUT2D eigenvalue weighted by Gasteiger charge is 2.50. The van der Waals surface area contributed by atoms with Crippen molar-refractivity contribution in [2.45, 2.75) is 96.6 Å². The zero-order valence-electron chi connectivity index (χ0n) is 27.7. The van der Waals surface area contributed by atoms with Crippen LogP contribution >= 0.6 is 36.0 Å². The topological polar surface area (TPSA) is 214 Å². The highest BCUT2D eigenvalue weighted by molar-refractivity contribution is 7.98. The van der Waals surface area contributed by atoms with Crippen LogP contribution in [-0.2, 0) is 44.9 Å². The van der Waals surface area contributed by atoms with E-state index in [1.807, 2.05) is 30.3 Å². The molecule has 5 rings (SSSR count). The number of nitrogens with one attached hydrogen (secondary N) is 3. The van der Waals surface area contributed by atoms with Gasteiger partial charge in [0.2, 0.25) is 26.0 Å². The molecule has 1 saturated carbocycles. The molecule has 2 aromatic carbocycles. The number of carboxylic acid groups (broad SMARTS) is 1. The Morgan fingerprint density at radius 2 is 1.90 bits per heavy atom. The summed E-state index contributed by atoms with van der Waals surface area (Å²) in [6, 6.07) is 8.00. The number of esters is 1. The first kappa shape index (κ1) is 39.6. The molecule has 2 aliphatic heterocycles. The van der Waals surface area contributed by atoms with E-state index in [0.717, 1.165) is 37.0 Å². The minimum absolute atomic E-state index is 0.00441. The molecular formula is C32H42ClN5O9S4. The third-order valence-corrected chi connectivity index (χ3v) is 13.9. The third-order valence-electron chi connectivity index (χ3n) is 9.36. The molecule has 3 aliphatic rings. The Labute approximate surface area is 312 Å². The summed E-state index contributed by atoms with van der Waals surface area (Å²) < 4.78 is 58.5. The monoisotopic (exact) mass is 803 g/mol. The number of rotatable bonds is 14. The Balaban J connectivity index is 1.45. The van der Waals surface area contributed by atoms with Crippen LogP contribution in [0.3, 0.4) is 0 Å².